The van der Waals surface area contributed by atoms with Gasteiger partial charge in [0.05, 0.1) is 12.1 Å². The molecule has 0 spiro atoms. The fourth-order valence-corrected chi connectivity index (χ4v) is 2.72. The van der Waals surface area contributed by atoms with Crippen LogP contribution in [0.5, 0.6) is 0 Å². The summed E-state index contributed by atoms with van der Waals surface area (Å²) in [4.78, 5) is 0. The molecule has 106 valence electrons. The van der Waals surface area contributed by atoms with E-state index >= 15 is 0 Å². The SMILES string of the molecule is Brc1ccccc1NCc1nnc(-c2ccccc2Br)o1. The van der Waals surface area contributed by atoms with Gasteiger partial charge in [-0.1, -0.05) is 24.3 Å². The van der Waals surface area contributed by atoms with Gasteiger partial charge in [0, 0.05) is 14.6 Å². The number of benzene rings is 2. The van der Waals surface area contributed by atoms with Gasteiger partial charge in [-0.15, -0.1) is 10.2 Å². The largest absolute Gasteiger partial charge is 0.419 e. The predicted octanol–water partition coefficient (Wildman–Crippen LogP) is 4.87. The Morgan fingerprint density at radius 1 is 0.905 bits per heavy atom. The van der Waals surface area contributed by atoms with Gasteiger partial charge in [0.2, 0.25) is 11.8 Å². The Morgan fingerprint density at radius 3 is 2.38 bits per heavy atom. The van der Waals surface area contributed by atoms with Gasteiger partial charge in [0.15, 0.2) is 0 Å². The minimum Gasteiger partial charge on any atom is -0.419 e. The van der Waals surface area contributed by atoms with E-state index in [9.17, 15) is 0 Å². The van der Waals surface area contributed by atoms with Crippen LogP contribution in [0.15, 0.2) is 61.9 Å². The Labute approximate surface area is 138 Å². The number of nitrogens with zero attached hydrogens (tertiary/aromatic N) is 2. The molecule has 6 heteroatoms. The average Bonchev–Trinajstić information content (AvgIpc) is 2.96. The second-order valence-corrected chi connectivity index (χ2v) is 6.02. The zero-order valence-electron chi connectivity index (χ0n) is 10.9. The fraction of sp³-hybridized carbons (Fsp3) is 0.0667. The first kappa shape index (κ1) is 14.3. The van der Waals surface area contributed by atoms with E-state index in [1.807, 2.05) is 48.5 Å². The molecule has 1 N–H and O–H groups in total. The highest BCUT2D eigenvalue weighted by atomic mass is 79.9. The number of anilines is 1. The summed E-state index contributed by atoms with van der Waals surface area (Å²) in [5, 5.41) is 11.4. The lowest BCUT2D eigenvalue weighted by Gasteiger charge is -2.05. The molecule has 0 amide bonds. The summed E-state index contributed by atoms with van der Waals surface area (Å²) in [5.41, 5.74) is 1.87. The predicted molar refractivity (Wildman–Crippen MR) is 88.9 cm³/mol. The van der Waals surface area contributed by atoms with Crippen LogP contribution in [0, 0.1) is 0 Å². The van der Waals surface area contributed by atoms with Crippen LogP contribution in [0.25, 0.3) is 11.5 Å². The second-order valence-electron chi connectivity index (χ2n) is 4.31. The summed E-state index contributed by atoms with van der Waals surface area (Å²) in [6.45, 7) is 0.472. The Bertz CT molecular complexity index is 758. The maximum Gasteiger partial charge on any atom is 0.248 e. The van der Waals surface area contributed by atoms with Gasteiger partial charge in [0.1, 0.15) is 0 Å². The van der Waals surface area contributed by atoms with Crippen LogP contribution in [0.3, 0.4) is 0 Å². The molecule has 0 fully saturated rings. The third kappa shape index (κ3) is 3.33. The summed E-state index contributed by atoms with van der Waals surface area (Å²) in [6.07, 6.45) is 0. The minimum absolute atomic E-state index is 0.472. The Kier molecular flexibility index (Phi) is 4.36. The Hall–Kier alpha value is -1.66. The van der Waals surface area contributed by atoms with Crippen molar-refractivity contribution >= 4 is 37.5 Å². The highest BCUT2D eigenvalue weighted by Gasteiger charge is 2.11. The normalized spacial score (nSPS) is 10.6. The van der Waals surface area contributed by atoms with Crippen LogP contribution in [0.2, 0.25) is 0 Å². The number of hydrogen-bond donors (Lipinski definition) is 1. The van der Waals surface area contributed by atoms with Gasteiger partial charge in [-0.05, 0) is 56.1 Å². The van der Waals surface area contributed by atoms with E-state index in [0.717, 1.165) is 20.2 Å². The molecule has 2 aromatic carbocycles. The van der Waals surface area contributed by atoms with Crippen LogP contribution in [0.1, 0.15) is 5.89 Å². The summed E-state index contributed by atoms with van der Waals surface area (Å²) >= 11 is 6.96. The molecule has 1 aromatic heterocycles. The van der Waals surface area contributed by atoms with Crippen LogP contribution in [0.4, 0.5) is 5.69 Å². The molecule has 0 atom stereocenters. The van der Waals surface area contributed by atoms with Gasteiger partial charge in [-0.25, -0.2) is 0 Å². The Morgan fingerprint density at radius 2 is 1.62 bits per heavy atom. The van der Waals surface area contributed by atoms with Crippen molar-refractivity contribution in [3.8, 4) is 11.5 Å². The van der Waals surface area contributed by atoms with E-state index in [4.69, 9.17) is 4.42 Å². The van der Waals surface area contributed by atoms with E-state index in [0.29, 0.717) is 18.3 Å². The lowest BCUT2D eigenvalue weighted by atomic mass is 10.2. The van der Waals surface area contributed by atoms with E-state index in [-0.39, 0.29) is 0 Å². The summed E-state index contributed by atoms with van der Waals surface area (Å²) < 4.78 is 7.61. The highest BCUT2D eigenvalue weighted by molar-refractivity contribution is 9.11. The summed E-state index contributed by atoms with van der Waals surface area (Å²) in [7, 11) is 0. The molecule has 3 aromatic rings. The van der Waals surface area contributed by atoms with Crippen molar-refractivity contribution in [3.05, 3.63) is 63.4 Å². The zero-order chi connectivity index (χ0) is 14.7. The van der Waals surface area contributed by atoms with Crippen molar-refractivity contribution in [3.63, 3.8) is 0 Å². The van der Waals surface area contributed by atoms with Gasteiger partial charge in [-0.2, -0.15) is 0 Å². The lowest BCUT2D eigenvalue weighted by molar-refractivity contribution is 0.514. The first-order chi connectivity index (χ1) is 10.2. The fourth-order valence-electron chi connectivity index (χ4n) is 1.84. The van der Waals surface area contributed by atoms with Crippen molar-refractivity contribution in [1.29, 1.82) is 0 Å². The van der Waals surface area contributed by atoms with Gasteiger partial charge < -0.3 is 9.73 Å². The highest BCUT2D eigenvalue weighted by Crippen LogP contribution is 2.27. The number of rotatable bonds is 4. The molecular weight excluding hydrogens is 398 g/mol. The average molecular weight is 409 g/mol. The topological polar surface area (TPSA) is 51.0 Å². The van der Waals surface area contributed by atoms with Gasteiger partial charge >= 0.3 is 0 Å². The summed E-state index contributed by atoms with van der Waals surface area (Å²) in [6, 6.07) is 15.6. The quantitative estimate of drug-likeness (QED) is 0.668. The summed E-state index contributed by atoms with van der Waals surface area (Å²) in [5.74, 6) is 1.04. The van der Waals surface area contributed by atoms with Crippen molar-refractivity contribution in [1.82, 2.24) is 10.2 Å². The van der Waals surface area contributed by atoms with Gasteiger partial charge in [0.25, 0.3) is 0 Å². The van der Waals surface area contributed by atoms with E-state index in [1.54, 1.807) is 0 Å². The zero-order valence-corrected chi connectivity index (χ0v) is 14.1. The van der Waals surface area contributed by atoms with Crippen LogP contribution >= 0.6 is 31.9 Å². The smallest absolute Gasteiger partial charge is 0.248 e. The first-order valence-corrected chi connectivity index (χ1v) is 7.88. The third-order valence-corrected chi connectivity index (χ3v) is 4.26. The molecule has 4 nitrogen and oxygen atoms in total. The standard InChI is InChI=1S/C15H11Br2N3O/c16-11-6-2-1-5-10(11)15-20-19-14(21-15)9-18-13-8-4-3-7-12(13)17/h1-8,18H,9H2. The molecule has 0 radical (unpaired) electrons. The first-order valence-electron chi connectivity index (χ1n) is 6.30. The minimum atomic E-state index is 0.472. The van der Waals surface area contributed by atoms with Crippen molar-refractivity contribution in [2.75, 3.05) is 5.32 Å². The molecule has 0 aliphatic heterocycles. The molecule has 3 rings (SSSR count). The molecule has 0 aliphatic carbocycles. The van der Waals surface area contributed by atoms with E-state index < -0.39 is 0 Å². The number of para-hydroxylation sites is 1. The monoisotopic (exact) mass is 407 g/mol. The van der Waals surface area contributed by atoms with Crippen LogP contribution in [-0.4, -0.2) is 10.2 Å². The maximum atomic E-state index is 5.68. The number of nitrogens with one attached hydrogen (secondary N) is 1. The van der Waals surface area contributed by atoms with Crippen molar-refractivity contribution in [2.45, 2.75) is 6.54 Å². The molecule has 1 heterocycles. The number of aromatic nitrogens is 2. The molecule has 0 saturated carbocycles. The third-order valence-electron chi connectivity index (χ3n) is 2.88. The van der Waals surface area contributed by atoms with Crippen LogP contribution < -0.4 is 5.32 Å². The molecule has 0 bridgehead atoms. The molecule has 0 unspecified atom stereocenters. The molecule has 0 saturated heterocycles. The lowest BCUT2D eigenvalue weighted by Crippen LogP contribution is -2.00. The number of hydrogen-bond acceptors (Lipinski definition) is 4. The van der Waals surface area contributed by atoms with E-state index in [2.05, 4.69) is 47.4 Å². The second kappa shape index (κ2) is 6.41. The van der Waals surface area contributed by atoms with Crippen LogP contribution in [-0.2, 0) is 6.54 Å². The van der Waals surface area contributed by atoms with Crippen molar-refractivity contribution in [2.24, 2.45) is 0 Å². The van der Waals surface area contributed by atoms with Crippen molar-refractivity contribution < 1.29 is 4.42 Å². The maximum absolute atomic E-state index is 5.68. The van der Waals surface area contributed by atoms with E-state index in [1.165, 1.54) is 0 Å². The number of halogens is 2. The Balaban J connectivity index is 1.74. The molecular formula is C15H11Br2N3O. The molecule has 21 heavy (non-hydrogen) atoms. The molecule has 0 aliphatic rings. The van der Waals surface area contributed by atoms with Gasteiger partial charge in [-0.3, -0.25) is 0 Å².